The third kappa shape index (κ3) is 6.75. The number of aryl methyl sites for hydroxylation is 1. The minimum absolute atomic E-state index is 0.0277. The predicted octanol–water partition coefficient (Wildman–Crippen LogP) is 5.73. The van der Waals surface area contributed by atoms with E-state index in [4.69, 9.17) is 4.74 Å². The second kappa shape index (κ2) is 10.6. The number of ketones is 1. The average Bonchev–Trinajstić information content (AvgIpc) is 3.10. The van der Waals surface area contributed by atoms with Gasteiger partial charge in [0, 0.05) is 42.6 Å². The maximum atomic E-state index is 14.5. The molecule has 1 fully saturated rings. The largest absolute Gasteiger partial charge is 0.451 e. The lowest BCUT2D eigenvalue weighted by molar-refractivity contribution is -0.145. The number of likely N-dealkylation sites (tertiary alicyclic amines) is 1. The fourth-order valence-electron chi connectivity index (χ4n) is 3.99. The lowest BCUT2D eigenvalue weighted by atomic mass is 9.98. The van der Waals surface area contributed by atoms with Gasteiger partial charge in [0.25, 0.3) is 6.43 Å². The molecule has 0 aliphatic carbocycles. The van der Waals surface area contributed by atoms with Crippen molar-refractivity contribution in [2.24, 2.45) is 0 Å². The zero-order valence-corrected chi connectivity index (χ0v) is 20.5. The maximum absolute atomic E-state index is 14.5. The van der Waals surface area contributed by atoms with Gasteiger partial charge in [-0.05, 0) is 45.7 Å². The van der Waals surface area contributed by atoms with Gasteiger partial charge in [-0.1, -0.05) is 0 Å². The fraction of sp³-hybridized carbons (Fsp3) is 0.542. The fourth-order valence-corrected chi connectivity index (χ4v) is 3.99. The van der Waals surface area contributed by atoms with Crippen LogP contribution >= 0.6 is 0 Å². The molecule has 13 heteroatoms. The van der Waals surface area contributed by atoms with E-state index < -0.39 is 59.7 Å². The Morgan fingerprint density at radius 2 is 1.73 bits per heavy atom. The quantitative estimate of drug-likeness (QED) is 0.442. The first-order chi connectivity index (χ1) is 17.1. The van der Waals surface area contributed by atoms with E-state index in [1.807, 2.05) is 0 Å². The minimum atomic E-state index is -4.75. The van der Waals surface area contributed by atoms with Crippen molar-refractivity contribution in [2.45, 2.75) is 83.4 Å². The van der Waals surface area contributed by atoms with Crippen molar-refractivity contribution in [1.82, 2.24) is 19.9 Å². The van der Waals surface area contributed by atoms with Crippen molar-refractivity contribution in [1.29, 1.82) is 0 Å². The number of halogens is 6. The van der Waals surface area contributed by atoms with Crippen LogP contribution in [0, 0.1) is 0 Å². The molecule has 1 saturated heterocycles. The third-order valence-corrected chi connectivity index (χ3v) is 5.82. The molecule has 7 nitrogen and oxygen atoms in total. The molecule has 0 radical (unpaired) electrons. The van der Waals surface area contributed by atoms with Gasteiger partial charge in [-0.15, -0.1) is 0 Å². The molecule has 0 N–H and O–H groups in total. The monoisotopic (exact) mass is 532 g/mol. The van der Waals surface area contributed by atoms with Crippen LogP contribution in [0.15, 0.2) is 24.7 Å². The highest BCUT2D eigenvalue weighted by molar-refractivity contribution is 5.88. The standard InChI is InChI=1S/C24H26F6N4O3/c1-12-16(25)8-18(34(12)22(36)37-23(2,3)4)19(35)6-5-13-7-17(31-11-15(13)20(26)27)14-9-32-21(33-10-14)24(28,29)30/h7,9-12,16,18,20H,5-6,8H2,1-4H3/t12-,16+,18-/m0/s1. The Morgan fingerprint density at radius 1 is 1.11 bits per heavy atom. The minimum Gasteiger partial charge on any atom is -0.444 e. The van der Waals surface area contributed by atoms with E-state index in [1.54, 1.807) is 20.8 Å². The Hall–Kier alpha value is -3.25. The lowest BCUT2D eigenvalue weighted by Crippen LogP contribution is -2.47. The van der Waals surface area contributed by atoms with Crippen molar-refractivity contribution in [3.8, 4) is 11.3 Å². The molecule has 2 aromatic rings. The van der Waals surface area contributed by atoms with E-state index >= 15 is 0 Å². The Labute approximate surface area is 209 Å². The number of nitrogens with zero attached hydrogens (tertiary/aromatic N) is 4. The molecule has 3 atom stereocenters. The van der Waals surface area contributed by atoms with Crippen LogP contribution in [0.25, 0.3) is 11.3 Å². The molecule has 202 valence electrons. The molecule has 1 aliphatic heterocycles. The Bertz CT molecular complexity index is 1130. The third-order valence-electron chi connectivity index (χ3n) is 5.82. The topological polar surface area (TPSA) is 85.3 Å². The van der Waals surface area contributed by atoms with Gasteiger partial charge >= 0.3 is 12.3 Å². The molecular formula is C24H26F6N4O3. The van der Waals surface area contributed by atoms with Crippen LogP contribution in [0.4, 0.5) is 31.1 Å². The first-order valence-corrected chi connectivity index (χ1v) is 11.4. The highest BCUT2D eigenvalue weighted by Crippen LogP contribution is 2.32. The molecule has 37 heavy (non-hydrogen) atoms. The van der Waals surface area contributed by atoms with E-state index in [-0.39, 0.29) is 36.1 Å². The molecule has 3 heterocycles. The summed E-state index contributed by atoms with van der Waals surface area (Å²) in [6.45, 7) is 6.34. The summed E-state index contributed by atoms with van der Waals surface area (Å²) in [4.78, 5) is 37.0. The summed E-state index contributed by atoms with van der Waals surface area (Å²) in [5.74, 6) is -1.90. The van der Waals surface area contributed by atoms with Crippen LogP contribution in [0.1, 0.15) is 63.9 Å². The predicted molar refractivity (Wildman–Crippen MR) is 119 cm³/mol. The van der Waals surface area contributed by atoms with Crippen molar-refractivity contribution in [2.75, 3.05) is 0 Å². The van der Waals surface area contributed by atoms with Gasteiger partial charge in [0.2, 0.25) is 5.82 Å². The smallest absolute Gasteiger partial charge is 0.444 e. The number of pyridine rings is 1. The maximum Gasteiger partial charge on any atom is 0.451 e. The van der Waals surface area contributed by atoms with Gasteiger partial charge in [-0.3, -0.25) is 14.7 Å². The number of aromatic nitrogens is 3. The van der Waals surface area contributed by atoms with Crippen LogP contribution in [-0.4, -0.2) is 55.6 Å². The van der Waals surface area contributed by atoms with Crippen LogP contribution in [0.5, 0.6) is 0 Å². The number of carbonyl (C=O) groups is 2. The molecule has 0 bridgehead atoms. The second-order valence-corrected chi connectivity index (χ2v) is 9.72. The lowest BCUT2D eigenvalue weighted by Gasteiger charge is -2.30. The van der Waals surface area contributed by atoms with Gasteiger partial charge in [-0.2, -0.15) is 13.2 Å². The first-order valence-electron chi connectivity index (χ1n) is 11.4. The molecule has 0 spiro atoms. The van der Waals surface area contributed by atoms with Gasteiger partial charge in [-0.25, -0.2) is 27.9 Å². The van der Waals surface area contributed by atoms with E-state index in [0.717, 1.165) is 23.5 Å². The summed E-state index contributed by atoms with van der Waals surface area (Å²) < 4.78 is 85.2. The molecule has 0 aromatic carbocycles. The molecule has 2 aromatic heterocycles. The summed E-state index contributed by atoms with van der Waals surface area (Å²) in [5.41, 5.74) is -1.21. The van der Waals surface area contributed by atoms with Crippen LogP contribution in [0.3, 0.4) is 0 Å². The summed E-state index contributed by atoms with van der Waals surface area (Å²) in [5, 5.41) is 0. The van der Waals surface area contributed by atoms with Gasteiger partial charge < -0.3 is 4.74 Å². The molecule has 1 amide bonds. The number of carbonyl (C=O) groups excluding carboxylic acids is 2. The molecule has 3 rings (SSSR count). The van der Waals surface area contributed by atoms with Crippen LogP contribution in [-0.2, 0) is 22.1 Å². The Balaban J connectivity index is 1.81. The first kappa shape index (κ1) is 28.3. The zero-order valence-electron chi connectivity index (χ0n) is 20.5. The number of amides is 1. The van der Waals surface area contributed by atoms with Gasteiger partial charge in [0.05, 0.1) is 17.8 Å². The summed E-state index contributed by atoms with van der Waals surface area (Å²) in [6, 6.07) is -0.811. The second-order valence-electron chi connectivity index (χ2n) is 9.72. The highest BCUT2D eigenvalue weighted by atomic mass is 19.4. The molecule has 0 saturated carbocycles. The average molecular weight is 532 g/mol. The van der Waals surface area contributed by atoms with Crippen molar-refractivity contribution < 1.29 is 40.7 Å². The van der Waals surface area contributed by atoms with Crippen molar-refractivity contribution in [3.05, 3.63) is 41.6 Å². The summed E-state index contributed by atoms with van der Waals surface area (Å²) in [7, 11) is 0. The summed E-state index contributed by atoms with van der Waals surface area (Å²) in [6.07, 6.45) is -8.12. The number of hydrogen-bond donors (Lipinski definition) is 0. The number of ether oxygens (including phenoxy) is 1. The van der Waals surface area contributed by atoms with Crippen LogP contribution < -0.4 is 0 Å². The van der Waals surface area contributed by atoms with Gasteiger partial charge in [0.1, 0.15) is 11.8 Å². The Morgan fingerprint density at radius 3 is 2.27 bits per heavy atom. The molecule has 1 aliphatic rings. The number of rotatable bonds is 6. The number of alkyl halides is 6. The summed E-state index contributed by atoms with van der Waals surface area (Å²) >= 11 is 0. The number of hydrogen-bond acceptors (Lipinski definition) is 6. The van der Waals surface area contributed by atoms with Crippen LogP contribution in [0.2, 0.25) is 0 Å². The SMILES string of the molecule is C[C@H]1[C@H](F)C[C@@H](C(=O)CCc2cc(-c3cnc(C(F)(F)F)nc3)ncc2C(F)F)N1C(=O)OC(C)(C)C. The van der Waals surface area contributed by atoms with Gasteiger partial charge in [0.15, 0.2) is 5.78 Å². The molecule has 0 unspecified atom stereocenters. The highest BCUT2D eigenvalue weighted by Gasteiger charge is 2.46. The normalized spacial score (nSPS) is 20.4. The Kier molecular flexibility index (Phi) is 8.13. The van der Waals surface area contributed by atoms with E-state index in [2.05, 4.69) is 15.0 Å². The molecular weight excluding hydrogens is 506 g/mol. The van der Waals surface area contributed by atoms with E-state index in [9.17, 15) is 35.9 Å². The zero-order chi connectivity index (χ0) is 27.7. The van der Waals surface area contributed by atoms with E-state index in [1.165, 1.54) is 13.0 Å². The van der Waals surface area contributed by atoms with Crippen molar-refractivity contribution >= 4 is 11.9 Å². The number of Topliss-reactive ketones (excluding diaryl/α,β-unsaturated/α-hetero) is 1. The van der Waals surface area contributed by atoms with E-state index in [0.29, 0.717) is 0 Å². The van der Waals surface area contributed by atoms with Crippen molar-refractivity contribution in [3.63, 3.8) is 0 Å².